The lowest BCUT2D eigenvalue weighted by molar-refractivity contribution is -0.126. The Hall–Kier alpha value is -1.35. The molecule has 0 aromatic heterocycles. The molecule has 0 amide bonds. The molecular formula is C17H21NO2. The number of phenolic OH excluding ortho intramolecular Hbond substituents is 1. The lowest BCUT2D eigenvalue weighted by Crippen LogP contribution is -2.60. The lowest BCUT2D eigenvalue weighted by Gasteiger charge is -2.58. The first-order valence-corrected chi connectivity index (χ1v) is 7.65. The van der Waals surface area contributed by atoms with E-state index < -0.39 is 0 Å². The van der Waals surface area contributed by atoms with E-state index in [1.165, 1.54) is 5.56 Å². The van der Waals surface area contributed by atoms with Gasteiger partial charge >= 0.3 is 0 Å². The summed E-state index contributed by atoms with van der Waals surface area (Å²) in [7, 11) is 2.21. The smallest absolute Gasteiger partial charge is 0.133 e. The standard InChI is InChI=1S/C17H21NO2/c1-18-8-7-17-10-12(19)5-6-13(17)14(18)9-11-3-2-4-15(20)16(11)17/h2-4,13-14,20H,5-10H2,1H3/t13-,14+,17-/m0/s1. The maximum atomic E-state index is 12.1. The topological polar surface area (TPSA) is 40.5 Å². The average molecular weight is 271 g/mol. The van der Waals surface area contributed by atoms with E-state index in [1.54, 1.807) is 6.07 Å². The average Bonchev–Trinajstić information content (AvgIpc) is 2.42. The van der Waals surface area contributed by atoms with Gasteiger partial charge in [-0.2, -0.15) is 0 Å². The number of Topliss-reactive ketones (excluding diaryl/α,β-unsaturated/α-hetero) is 1. The van der Waals surface area contributed by atoms with E-state index in [9.17, 15) is 9.90 Å². The minimum Gasteiger partial charge on any atom is -0.508 e. The Balaban J connectivity index is 1.95. The summed E-state index contributed by atoms with van der Waals surface area (Å²) >= 11 is 0. The summed E-state index contributed by atoms with van der Waals surface area (Å²) in [4.78, 5) is 14.6. The van der Waals surface area contributed by atoms with Gasteiger partial charge in [-0.3, -0.25) is 4.79 Å². The molecule has 0 radical (unpaired) electrons. The Bertz CT molecular complexity index is 582. The molecule has 1 saturated heterocycles. The molecule has 3 atom stereocenters. The molecule has 1 aromatic carbocycles. The van der Waals surface area contributed by atoms with Crippen molar-refractivity contribution in [2.75, 3.05) is 13.6 Å². The molecule has 3 aliphatic rings. The van der Waals surface area contributed by atoms with Crippen LogP contribution in [0.1, 0.15) is 36.8 Å². The van der Waals surface area contributed by atoms with Crippen LogP contribution in [0, 0.1) is 5.92 Å². The highest BCUT2D eigenvalue weighted by atomic mass is 16.3. The number of ketones is 1. The van der Waals surface area contributed by atoms with Gasteiger partial charge in [0.05, 0.1) is 0 Å². The van der Waals surface area contributed by atoms with E-state index in [-0.39, 0.29) is 5.41 Å². The van der Waals surface area contributed by atoms with Crippen molar-refractivity contribution in [1.82, 2.24) is 4.90 Å². The second-order valence-corrected chi connectivity index (χ2v) is 6.83. The number of nitrogens with zero attached hydrogens (tertiary/aromatic N) is 1. The molecule has 3 heteroatoms. The largest absolute Gasteiger partial charge is 0.508 e. The summed E-state index contributed by atoms with van der Waals surface area (Å²) in [6, 6.07) is 6.40. The summed E-state index contributed by atoms with van der Waals surface area (Å²) in [5, 5.41) is 10.4. The third-order valence-corrected chi connectivity index (χ3v) is 5.95. The Morgan fingerprint density at radius 2 is 2.25 bits per heavy atom. The number of hydrogen-bond acceptors (Lipinski definition) is 3. The number of fused-ring (bicyclic) bond motifs is 1. The van der Waals surface area contributed by atoms with Crippen molar-refractivity contribution in [1.29, 1.82) is 0 Å². The number of likely N-dealkylation sites (N-methyl/N-ethyl adjacent to an activating group) is 1. The Morgan fingerprint density at radius 1 is 1.40 bits per heavy atom. The third-order valence-electron chi connectivity index (χ3n) is 5.95. The van der Waals surface area contributed by atoms with Crippen LogP contribution in [0.2, 0.25) is 0 Å². The molecule has 20 heavy (non-hydrogen) atoms. The molecule has 2 fully saturated rings. The number of aromatic hydroxyl groups is 1. The second kappa shape index (κ2) is 4.08. The van der Waals surface area contributed by atoms with Crippen molar-refractivity contribution in [3.8, 4) is 5.75 Å². The zero-order valence-corrected chi connectivity index (χ0v) is 11.9. The Labute approximate surface area is 119 Å². The van der Waals surface area contributed by atoms with Crippen LogP contribution in [0.4, 0.5) is 0 Å². The van der Waals surface area contributed by atoms with Crippen LogP contribution in [0.25, 0.3) is 0 Å². The van der Waals surface area contributed by atoms with Crippen molar-refractivity contribution in [2.24, 2.45) is 5.92 Å². The summed E-state index contributed by atoms with van der Waals surface area (Å²) in [5.74, 6) is 1.31. The minimum absolute atomic E-state index is 0.0918. The number of phenols is 1. The van der Waals surface area contributed by atoms with E-state index in [0.717, 1.165) is 37.8 Å². The summed E-state index contributed by atoms with van der Waals surface area (Å²) < 4.78 is 0. The van der Waals surface area contributed by atoms with Gasteiger partial charge in [-0.25, -0.2) is 0 Å². The maximum Gasteiger partial charge on any atom is 0.133 e. The first kappa shape index (κ1) is 12.4. The fourth-order valence-corrected chi connectivity index (χ4v) is 5.10. The molecule has 1 heterocycles. The van der Waals surface area contributed by atoms with Gasteiger partial charge in [-0.15, -0.1) is 0 Å². The predicted octanol–water partition coefficient (Wildman–Crippen LogP) is 2.26. The number of piperidine rings is 1. The van der Waals surface area contributed by atoms with E-state index >= 15 is 0 Å². The Kier molecular flexibility index (Phi) is 2.53. The van der Waals surface area contributed by atoms with Crippen LogP contribution in [-0.4, -0.2) is 35.4 Å². The third kappa shape index (κ3) is 1.47. The summed E-state index contributed by atoms with van der Waals surface area (Å²) in [6.45, 7) is 1.03. The number of likely N-dealkylation sites (tertiary alicyclic amines) is 1. The molecule has 1 aliphatic heterocycles. The van der Waals surface area contributed by atoms with Crippen molar-refractivity contribution in [2.45, 2.75) is 43.6 Å². The molecule has 1 N–H and O–H groups in total. The molecule has 106 valence electrons. The zero-order chi connectivity index (χ0) is 13.9. The highest BCUT2D eigenvalue weighted by Crippen LogP contribution is 2.56. The van der Waals surface area contributed by atoms with E-state index in [0.29, 0.717) is 29.9 Å². The van der Waals surface area contributed by atoms with Gasteiger partial charge in [0.2, 0.25) is 0 Å². The SMILES string of the molecule is CN1CC[C@]23CC(=O)CC[C@H]2[C@H]1Cc1cccc(O)c13. The molecule has 3 nitrogen and oxygen atoms in total. The maximum absolute atomic E-state index is 12.1. The fraction of sp³-hybridized carbons (Fsp3) is 0.588. The number of benzene rings is 1. The quantitative estimate of drug-likeness (QED) is 0.787. The van der Waals surface area contributed by atoms with Crippen LogP contribution in [0.3, 0.4) is 0 Å². The van der Waals surface area contributed by atoms with Crippen LogP contribution >= 0.6 is 0 Å². The number of hydrogen-bond donors (Lipinski definition) is 1. The van der Waals surface area contributed by atoms with Gasteiger partial charge in [0.1, 0.15) is 11.5 Å². The predicted molar refractivity (Wildman–Crippen MR) is 76.9 cm³/mol. The summed E-state index contributed by atoms with van der Waals surface area (Å²) in [5.41, 5.74) is 2.26. The lowest BCUT2D eigenvalue weighted by atomic mass is 9.52. The molecule has 2 bridgehead atoms. The molecule has 4 rings (SSSR count). The monoisotopic (exact) mass is 271 g/mol. The van der Waals surface area contributed by atoms with Crippen LogP contribution in [0.5, 0.6) is 5.75 Å². The molecule has 0 unspecified atom stereocenters. The van der Waals surface area contributed by atoms with E-state index in [1.807, 2.05) is 6.07 Å². The van der Waals surface area contributed by atoms with Crippen LogP contribution in [0.15, 0.2) is 18.2 Å². The van der Waals surface area contributed by atoms with Crippen LogP contribution < -0.4 is 0 Å². The summed E-state index contributed by atoms with van der Waals surface area (Å²) in [6.07, 6.45) is 4.36. The van der Waals surface area contributed by atoms with Gasteiger partial charge in [0.25, 0.3) is 0 Å². The molecular weight excluding hydrogens is 250 g/mol. The minimum atomic E-state index is -0.0918. The van der Waals surface area contributed by atoms with Gasteiger partial charge in [0, 0.05) is 29.9 Å². The second-order valence-electron chi connectivity index (χ2n) is 6.83. The van der Waals surface area contributed by atoms with Crippen LogP contribution in [-0.2, 0) is 16.6 Å². The van der Waals surface area contributed by atoms with E-state index in [2.05, 4.69) is 18.0 Å². The fourth-order valence-electron chi connectivity index (χ4n) is 5.10. The first-order valence-electron chi connectivity index (χ1n) is 7.65. The highest BCUT2D eigenvalue weighted by molar-refractivity contribution is 5.82. The van der Waals surface area contributed by atoms with Gasteiger partial charge in [0.15, 0.2) is 0 Å². The number of carbonyl (C=O) groups excluding carboxylic acids is 1. The number of rotatable bonds is 0. The van der Waals surface area contributed by atoms with E-state index in [4.69, 9.17) is 0 Å². The van der Waals surface area contributed by atoms with Crippen molar-refractivity contribution < 1.29 is 9.90 Å². The van der Waals surface area contributed by atoms with Gasteiger partial charge < -0.3 is 10.0 Å². The van der Waals surface area contributed by atoms with Gasteiger partial charge in [-0.05, 0) is 50.4 Å². The molecule has 2 aliphatic carbocycles. The van der Waals surface area contributed by atoms with Crippen molar-refractivity contribution in [3.63, 3.8) is 0 Å². The Morgan fingerprint density at radius 3 is 3.10 bits per heavy atom. The van der Waals surface area contributed by atoms with Crippen molar-refractivity contribution >= 4 is 5.78 Å². The highest BCUT2D eigenvalue weighted by Gasteiger charge is 2.55. The zero-order valence-electron chi connectivity index (χ0n) is 11.9. The molecule has 0 spiro atoms. The van der Waals surface area contributed by atoms with Crippen molar-refractivity contribution in [3.05, 3.63) is 29.3 Å². The molecule has 1 saturated carbocycles. The number of carbonyl (C=O) groups is 1. The van der Waals surface area contributed by atoms with Gasteiger partial charge in [-0.1, -0.05) is 12.1 Å². The first-order chi connectivity index (χ1) is 9.62. The molecule has 1 aromatic rings. The normalized spacial score (nSPS) is 36.4.